The summed E-state index contributed by atoms with van der Waals surface area (Å²) in [5.74, 6) is 0.367. The molecule has 0 radical (unpaired) electrons. The fraction of sp³-hybridized carbons (Fsp3) is 0.286. The van der Waals surface area contributed by atoms with Crippen LogP contribution in [-0.2, 0) is 16.0 Å². The Morgan fingerprint density at radius 1 is 1.39 bits per heavy atom. The van der Waals surface area contributed by atoms with Gasteiger partial charge in [-0.15, -0.1) is 0 Å². The maximum absolute atomic E-state index is 12.2. The lowest BCUT2D eigenvalue weighted by atomic mass is 10.2. The lowest BCUT2D eigenvalue weighted by molar-refractivity contribution is -0.123. The van der Waals surface area contributed by atoms with Gasteiger partial charge in [0.05, 0.1) is 16.5 Å². The van der Waals surface area contributed by atoms with Gasteiger partial charge < -0.3 is 5.32 Å². The fourth-order valence-corrected chi connectivity index (χ4v) is 2.56. The summed E-state index contributed by atoms with van der Waals surface area (Å²) in [5.41, 5.74) is 0.510. The largest absolute Gasteiger partial charge is 0.326 e. The standard InChI is InChI=1S/C14H13Cl2N5O2/c1-2-11-18-14-19-13(23)10(21(14)20-11)6-12(22)17-7-3-4-8(15)9(16)5-7/h3-5,10H,2,6H2,1H3,(H,17,22)(H,18,19,20,23). The summed E-state index contributed by atoms with van der Waals surface area (Å²) >= 11 is 11.7. The minimum atomic E-state index is -0.708. The number of fused-ring (bicyclic) bond motifs is 1. The van der Waals surface area contributed by atoms with Gasteiger partial charge in [0.1, 0.15) is 6.04 Å². The third-order valence-electron chi connectivity index (χ3n) is 3.41. The van der Waals surface area contributed by atoms with Crippen LogP contribution in [0.3, 0.4) is 0 Å². The van der Waals surface area contributed by atoms with Crippen LogP contribution >= 0.6 is 23.2 Å². The van der Waals surface area contributed by atoms with Crippen molar-refractivity contribution in [3.05, 3.63) is 34.1 Å². The molecule has 120 valence electrons. The number of carbonyl (C=O) groups excluding carboxylic acids is 2. The Hall–Kier alpha value is -2.12. The number of aryl methyl sites for hydroxylation is 1. The van der Waals surface area contributed by atoms with E-state index in [0.29, 0.717) is 33.9 Å². The van der Waals surface area contributed by atoms with Crippen LogP contribution in [0.1, 0.15) is 25.2 Å². The topological polar surface area (TPSA) is 88.9 Å². The predicted octanol–water partition coefficient (Wildman–Crippen LogP) is 2.67. The maximum atomic E-state index is 12.2. The van der Waals surface area contributed by atoms with Crippen LogP contribution in [0, 0.1) is 0 Å². The van der Waals surface area contributed by atoms with Gasteiger partial charge in [-0.2, -0.15) is 10.1 Å². The van der Waals surface area contributed by atoms with Crippen LogP contribution in [0.25, 0.3) is 0 Å². The van der Waals surface area contributed by atoms with Crippen molar-refractivity contribution in [2.75, 3.05) is 10.6 Å². The molecule has 0 saturated heterocycles. The van der Waals surface area contributed by atoms with Crippen molar-refractivity contribution in [2.24, 2.45) is 0 Å². The van der Waals surface area contributed by atoms with E-state index in [1.807, 2.05) is 6.92 Å². The van der Waals surface area contributed by atoms with E-state index in [4.69, 9.17) is 23.2 Å². The average molecular weight is 354 g/mol. The summed E-state index contributed by atoms with van der Waals surface area (Å²) in [6.45, 7) is 1.92. The summed E-state index contributed by atoms with van der Waals surface area (Å²) < 4.78 is 1.45. The van der Waals surface area contributed by atoms with Gasteiger partial charge in [-0.25, -0.2) is 4.68 Å². The highest BCUT2D eigenvalue weighted by Crippen LogP contribution is 2.27. The molecular weight excluding hydrogens is 341 g/mol. The van der Waals surface area contributed by atoms with Crippen molar-refractivity contribution in [3.63, 3.8) is 0 Å². The van der Waals surface area contributed by atoms with Gasteiger partial charge in [-0.05, 0) is 18.2 Å². The first-order chi connectivity index (χ1) is 11.0. The molecule has 0 bridgehead atoms. The first-order valence-corrected chi connectivity index (χ1v) is 7.74. The zero-order valence-corrected chi connectivity index (χ0v) is 13.6. The van der Waals surface area contributed by atoms with Crippen LogP contribution in [0.5, 0.6) is 0 Å². The molecule has 0 spiro atoms. The van der Waals surface area contributed by atoms with Gasteiger partial charge in [0.2, 0.25) is 11.9 Å². The third kappa shape index (κ3) is 3.16. The van der Waals surface area contributed by atoms with E-state index in [2.05, 4.69) is 20.7 Å². The second kappa shape index (κ2) is 6.17. The van der Waals surface area contributed by atoms with Crippen LogP contribution in [0.15, 0.2) is 18.2 Å². The summed E-state index contributed by atoms with van der Waals surface area (Å²) in [6, 6.07) is 4.06. The van der Waals surface area contributed by atoms with E-state index in [0.717, 1.165) is 0 Å². The second-order valence-electron chi connectivity index (χ2n) is 5.04. The smallest absolute Gasteiger partial charge is 0.252 e. The monoisotopic (exact) mass is 353 g/mol. The molecular formula is C14H13Cl2N5O2. The Morgan fingerprint density at radius 2 is 2.17 bits per heavy atom. The van der Waals surface area contributed by atoms with E-state index in [9.17, 15) is 9.59 Å². The molecule has 1 unspecified atom stereocenters. The molecule has 9 heteroatoms. The van der Waals surface area contributed by atoms with Gasteiger partial charge in [0.15, 0.2) is 5.82 Å². The highest BCUT2D eigenvalue weighted by atomic mass is 35.5. The highest BCUT2D eigenvalue weighted by Gasteiger charge is 2.34. The van der Waals surface area contributed by atoms with Crippen LogP contribution < -0.4 is 10.6 Å². The Kier molecular flexibility index (Phi) is 4.23. The van der Waals surface area contributed by atoms with Gasteiger partial charge in [0, 0.05) is 12.1 Å². The van der Waals surface area contributed by atoms with Gasteiger partial charge in [-0.3, -0.25) is 14.9 Å². The second-order valence-corrected chi connectivity index (χ2v) is 5.85. The molecule has 2 aromatic rings. The number of halogens is 2. The van der Waals surface area contributed by atoms with Gasteiger partial charge >= 0.3 is 0 Å². The highest BCUT2D eigenvalue weighted by molar-refractivity contribution is 6.42. The van der Waals surface area contributed by atoms with E-state index in [1.54, 1.807) is 18.2 Å². The van der Waals surface area contributed by atoms with Crippen molar-refractivity contribution in [1.82, 2.24) is 14.8 Å². The zero-order valence-electron chi connectivity index (χ0n) is 12.1. The molecule has 1 aromatic heterocycles. The first kappa shape index (κ1) is 15.8. The van der Waals surface area contributed by atoms with Crippen LogP contribution in [0.4, 0.5) is 11.6 Å². The average Bonchev–Trinajstić information content (AvgIpc) is 3.02. The summed E-state index contributed by atoms with van der Waals surface area (Å²) in [4.78, 5) is 28.3. The molecule has 1 aliphatic heterocycles. The van der Waals surface area contributed by atoms with Crippen molar-refractivity contribution in [1.29, 1.82) is 0 Å². The summed E-state index contributed by atoms with van der Waals surface area (Å²) in [5, 5.41) is 10.3. The van der Waals surface area contributed by atoms with E-state index in [-0.39, 0.29) is 18.2 Å². The maximum Gasteiger partial charge on any atom is 0.252 e. The lowest BCUT2D eigenvalue weighted by Crippen LogP contribution is -2.24. The lowest BCUT2D eigenvalue weighted by Gasteiger charge is -2.10. The minimum absolute atomic E-state index is 0.0500. The number of hydrogen-bond acceptors (Lipinski definition) is 4. The molecule has 23 heavy (non-hydrogen) atoms. The molecule has 0 aliphatic carbocycles. The summed E-state index contributed by atoms with van der Waals surface area (Å²) in [7, 11) is 0. The van der Waals surface area contributed by atoms with E-state index >= 15 is 0 Å². The number of aromatic nitrogens is 3. The number of hydrogen-bond donors (Lipinski definition) is 2. The molecule has 2 heterocycles. The zero-order chi connectivity index (χ0) is 16.6. The molecule has 0 fully saturated rings. The molecule has 3 rings (SSSR count). The Labute approximate surface area is 142 Å². The predicted molar refractivity (Wildman–Crippen MR) is 86.8 cm³/mol. The normalized spacial score (nSPS) is 16.1. The van der Waals surface area contributed by atoms with Crippen molar-refractivity contribution < 1.29 is 9.59 Å². The molecule has 7 nitrogen and oxygen atoms in total. The van der Waals surface area contributed by atoms with Crippen molar-refractivity contribution in [3.8, 4) is 0 Å². The molecule has 0 saturated carbocycles. The first-order valence-electron chi connectivity index (χ1n) is 6.99. The third-order valence-corrected chi connectivity index (χ3v) is 4.15. The minimum Gasteiger partial charge on any atom is -0.326 e. The number of benzene rings is 1. The Morgan fingerprint density at radius 3 is 2.87 bits per heavy atom. The Balaban J connectivity index is 1.71. The van der Waals surface area contributed by atoms with Gasteiger partial charge in [-0.1, -0.05) is 30.1 Å². The number of nitrogens with zero attached hydrogens (tertiary/aromatic N) is 3. The molecule has 1 aliphatic rings. The fourth-order valence-electron chi connectivity index (χ4n) is 2.27. The molecule has 1 aromatic carbocycles. The summed E-state index contributed by atoms with van der Waals surface area (Å²) in [6.07, 6.45) is 0.601. The number of carbonyl (C=O) groups is 2. The molecule has 1 atom stereocenters. The van der Waals surface area contributed by atoms with Gasteiger partial charge in [0.25, 0.3) is 5.91 Å². The van der Waals surface area contributed by atoms with Crippen molar-refractivity contribution >= 4 is 46.7 Å². The van der Waals surface area contributed by atoms with Crippen LogP contribution in [0.2, 0.25) is 10.0 Å². The number of amides is 2. The molecule has 2 amide bonds. The SMILES string of the molecule is CCc1nc2n(n1)C(CC(=O)Nc1ccc(Cl)c(Cl)c1)C(=O)N2. The Bertz CT molecular complexity index is 789. The number of nitrogens with one attached hydrogen (secondary N) is 2. The number of rotatable bonds is 4. The van der Waals surface area contributed by atoms with Crippen LogP contribution in [-0.4, -0.2) is 26.6 Å². The molecule has 2 N–H and O–H groups in total. The quantitative estimate of drug-likeness (QED) is 0.884. The number of anilines is 2. The van der Waals surface area contributed by atoms with E-state index < -0.39 is 6.04 Å². The van der Waals surface area contributed by atoms with Crippen molar-refractivity contribution in [2.45, 2.75) is 25.8 Å². The van der Waals surface area contributed by atoms with E-state index in [1.165, 1.54) is 4.68 Å².